The molecule has 0 aliphatic heterocycles. The van der Waals surface area contributed by atoms with Gasteiger partial charge in [0, 0.05) is 19.3 Å². The van der Waals surface area contributed by atoms with Crippen LogP contribution in [0.15, 0.2) is 45.5 Å². The second-order valence-corrected chi connectivity index (χ2v) is 8.45. The molecule has 7 nitrogen and oxygen atoms in total. The summed E-state index contributed by atoms with van der Waals surface area (Å²) >= 11 is 6.74. The third-order valence-electron chi connectivity index (χ3n) is 3.14. The number of halogens is 1. The van der Waals surface area contributed by atoms with Gasteiger partial charge in [0.15, 0.2) is 5.65 Å². The highest BCUT2D eigenvalue weighted by Gasteiger charge is 2.15. The summed E-state index contributed by atoms with van der Waals surface area (Å²) in [5, 5.41) is 4.18. The van der Waals surface area contributed by atoms with Gasteiger partial charge in [-0.15, -0.1) is 16.4 Å². The molecule has 0 radical (unpaired) electrons. The lowest BCUT2D eigenvalue weighted by molar-refractivity contribution is 0.544. The number of thiophene rings is 1. The Labute approximate surface area is 141 Å². The number of fused-ring (bicyclic) bond motifs is 1. The molecule has 0 aliphatic carbocycles. The lowest BCUT2D eigenvalue weighted by Gasteiger charge is -2.04. The zero-order chi connectivity index (χ0) is 16.4. The topological polar surface area (TPSA) is 85.5 Å². The Bertz CT molecular complexity index is 990. The smallest absolute Gasteiger partial charge is 0.250 e. The number of nitrogens with zero attached hydrogens (tertiary/aromatic N) is 3. The molecule has 0 atom stereocenters. The van der Waals surface area contributed by atoms with Gasteiger partial charge in [0.05, 0.1) is 4.34 Å². The number of sulfonamides is 1. The Hall–Kier alpha value is -1.68. The van der Waals surface area contributed by atoms with E-state index in [9.17, 15) is 13.2 Å². The van der Waals surface area contributed by atoms with Gasteiger partial charge < -0.3 is 0 Å². The van der Waals surface area contributed by atoms with Gasteiger partial charge in [0.1, 0.15) is 4.21 Å². The van der Waals surface area contributed by atoms with E-state index in [2.05, 4.69) is 9.82 Å². The highest BCUT2D eigenvalue weighted by atomic mass is 35.5. The predicted octanol–water partition coefficient (Wildman–Crippen LogP) is 1.58. The Balaban J connectivity index is 1.61. The van der Waals surface area contributed by atoms with Gasteiger partial charge in [-0.05, 0) is 30.7 Å². The number of aromatic nitrogens is 3. The Kier molecular flexibility index (Phi) is 4.53. The van der Waals surface area contributed by atoms with Crippen LogP contribution in [0.3, 0.4) is 0 Å². The van der Waals surface area contributed by atoms with E-state index in [0.717, 1.165) is 11.3 Å². The monoisotopic (exact) mass is 372 g/mol. The normalized spacial score (nSPS) is 12.0. The number of nitrogens with one attached hydrogen (secondary N) is 1. The predicted molar refractivity (Wildman–Crippen MR) is 88.6 cm³/mol. The van der Waals surface area contributed by atoms with Gasteiger partial charge in [-0.3, -0.25) is 4.40 Å². The first-order valence-electron chi connectivity index (χ1n) is 6.76. The van der Waals surface area contributed by atoms with Crippen LogP contribution in [0.4, 0.5) is 0 Å². The Morgan fingerprint density at radius 2 is 2.09 bits per heavy atom. The minimum absolute atomic E-state index is 0.174. The third kappa shape index (κ3) is 3.47. The molecule has 3 aromatic heterocycles. The molecule has 3 aromatic rings. The van der Waals surface area contributed by atoms with E-state index < -0.39 is 10.0 Å². The number of rotatable bonds is 6. The van der Waals surface area contributed by atoms with Crippen molar-refractivity contribution in [3.63, 3.8) is 0 Å². The summed E-state index contributed by atoms with van der Waals surface area (Å²) in [5.41, 5.74) is 0.319. The summed E-state index contributed by atoms with van der Waals surface area (Å²) in [6.45, 7) is 0.534. The van der Waals surface area contributed by atoms with Crippen molar-refractivity contribution in [2.45, 2.75) is 17.2 Å². The van der Waals surface area contributed by atoms with Crippen LogP contribution in [0.5, 0.6) is 0 Å². The van der Waals surface area contributed by atoms with E-state index >= 15 is 0 Å². The SMILES string of the molecule is O=c1n(CCCNS(=O)(=O)c2ccc(Cl)s2)nc2ccccn12. The molecule has 1 N–H and O–H groups in total. The van der Waals surface area contributed by atoms with Crippen molar-refractivity contribution in [1.29, 1.82) is 0 Å². The molecule has 0 spiro atoms. The average molecular weight is 373 g/mol. The van der Waals surface area contributed by atoms with E-state index in [1.165, 1.54) is 21.2 Å². The number of pyridine rings is 1. The van der Waals surface area contributed by atoms with Gasteiger partial charge >= 0.3 is 5.69 Å². The molecule has 10 heteroatoms. The summed E-state index contributed by atoms with van der Waals surface area (Å²) in [7, 11) is -3.56. The first-order chi connectivity index (χ1) is 11.0. The van der Waals surface area contributed by atoms with Gasteiger partial charge in [0.2, 0.25) is 10.0 Å². The van der Waals surface area contributed by atoms with E-state index in [1.54, 1.807) is 24.4 Å². The summed E-state index contributed by atoms with van der Waals surface area (Å²) in [4.78, 5) is 12.1. The molecular formula is C13H13ClN4O3S2. The molecule has 0 aliphatic rings. The van der Waals surface area contributed by atoms with Crippen LogP contribution in [-0.2, 0) is 16.6 Å². The summed E-state index contributed by atoms with van der Waals surface area (Å²) in [6.07, 6.45) is 2.09. The van der Waals surface area contributed by atoms with E-state index in [4.69, 9.17) is 11.6 Å². The maximum atomic E-state index is 12.1. The molecule has 3 rings (SSSR count). The molecule has 0 saturated heterocycles. The third-order valence-corrected chi connectivity index (χ3v) is 6.32. The fourth-order valence-electron chi connectivity index (χ4n) is 2.06. The number of hydrogen-bond acceptors (Lipinski definition) is 5. The van der Waals surface area contributed by atoms with Crippen molar-refractivity contribution in [3.8, 4) is 0 Å². The molecule has 3 heterocycles. The van der Waals surface area contributed by atoms with Crippen molar-refractivity contribution >= 4 is 38.6 Å². The van der Waals surface area contributed by atoms with Gasteiger partial charge in [-0.25, -0.2) is 22.6 Å². The number of aryl methyl sites for hydroxylation is 1. The molecule has 122 valence electrons. The standard InChI is InChI=1S/C13H13ClN4O3S2/c14-10-5-6-12(22-10)23(20,21)15-7-3-9-18-13(19)17-8-2-1-4-11(17)16-18/h1-2,4-6,8,15H,3,7,9H2. The van der Waals surface area contributed by atoms with Crippen LogP contribution in [0.2, 0.25) is 4.34 Å². The van der Waals surface area contributed by atoms with Crippen LogP contribution >= 0.6 is 22.9 Å². The largest absolute Gasteiger partial charge is 0.350 e. The van der Waals surface area contributed by atoms with Crippen LogP contribution in [0.1, 0.15) is 6.42 Å². The first kappa shape index (κ1) is 16.2. The Morgan fingerprint density at radius 1 is 1.26 bits per heavy atom. The molecule has 23 heavy (non-hydrogen) atoms. The molecular weight excluding hydrogens is 360 g/mol. The fourth-order valence-corrected chi connectivity index (χ4v) is 4.66. The van der Waals surface area contributed by atoms with Crippen molar-refractivity contribution in [1.82, 2.24) is 18.9 Å². The average Bonchev–Trinajstić information content (AvgIpc) is 3.09. The highest BCUT2D eigenvalue weighted by Crippen LogP contribution is 2.25. The maximum absolute atomic E-state index is 12.1. The molecule has 0 saturated carbocycles. The van der Waals surface area contributed by atoms with Crippen molar-refractivity contribution in [2.75, 3.05) is 6.54 Å². The van der Waals surface area contributed by atoms with E-state index in [1.807, 2.05) is 0 Å². The van der Waals surface area contributed by atoms with E-state index in [-0.39, 0.29) is 16.4 Å². The van der Waals surface area contributed by atoms with Crippen molar-refractivity contribution < 1.29 is 8.42 Å². The lowest BCUT2D eigenvalue weighted by atomic mass is 10.4. The lowest BCUT2D eigenvalue weighted by Crippen LogP contribution is -2.27. The summed E-state index contributed by atoms with van der Waals surface area (Å²) in [5.74, 6) is 0. The maximum Gasteiger partial charge on any atom is 0.350 e. The number of hydrogen-bond donors (Lipinski definition) is 1. The van der Waals surface area contributed by atoms with Crippen LogP contribution < -0.4 is 10.4 Å². The highest BCUT2D eigenvalue weighted by molar-refractivity contribution is 7.91. The molecule has 0 bridgehead atoms. The zero-order valence-electron chi connectivity index (χ0n) is 11.8. The zero-order valence-corrected chi connectivity index (χ0v) is 14.2. The summed E-state index contributed by atoms with van der Waals surface area (Å²) < 4.78 is 29.9. The van der Waals surface area contributed by atoms with Crippen molar-refractivity contribution in [2.24, 2.45) is 0 Å². The summed E-state index contributed by atoms with van der Waals surface area (Å²) in [6, 6.07) is 8.28. The Morgan fingerprint density at radius 3 is 2.78 bits per heavy atom. The van der Waals surface area contributed by atoms with E-state index in [0.29, 0.717) is 22.9 Å². The molecule has 0 amide bonds. The van der Waals surface area contributed by atoms with Crippen molar-refractivity contribution in [3.05, 3.63) is 51.3 Å². The second-order valence-electron chi connectivity index (χ2n) is 4.74. The fraction of sp³-hybridized carbons (Fsp3) is 0.231. The van der Waals surface area contributed by atoms with Crippen LogP contribution in [0.25, 0.3) is 5.65 Å². The quantitative estimate of drug-likeness (QED) is 0.666. The van der Waals surface area contributed by atoms with Gasteiger partial charge in [0.25, 0.3) is 0 Å². The van der Waals surface area contributed by atoms with Gasteiger partial charge in [-0.2, -0.15) is 0 Å². The molecule has 0 unspecified atom stereocenters. The molecule has 0 fully saturated rings. The minimum Gasteiger partial charge on any atom is -0.250 e. The van der Waals surface area contributed by atoms with Gasteiger partial charge in [-0.1, -0.05) is 17.7 Å². The van der Waals surface area contributed by atoms with Crippen LogP contribution in [0, 0.1) is 0 Å². The first-order valence-corrected chi connectivity index (χ1v) is 9.44. The minimum atomic E-state index is -3.56. The second kappa shape index (κ2) is 6.44. The molecule has 0 aromatic carbocycles. The van der Waals surface area contributed by atoms with Crippen LogP contribution in [-0.4, -0.2) is 29.1 Å².